The average Bonchev–Trinajstić information content (AvgIpc) is 1.65. The summed E-state index contributed by atoms with van der Waals surface area (Å²) in [5.41, 5.74) is 0. The van der Waals surface area contributed by atoms with Crippen LogP contribution in [0.1, 0.15) is 13.8 Å². The van der Waals surface area contributed by atoms with Gasteiger partial charge in [0.25, 0.3) is 0 Å². The van der Waals surface area contributed by atoms with Gasteiger partial charge >= 0.3 is 0 Å². The topological polar surface area (TPSA) is 17.1 Å². The first-order valence-electron chi connectivity index (χ1n) is 2.49. The van der Waals surface area contributed by atoms with Crippen LogP contribution in [0.3, 0.4) is 0 Å². The molecule has 2 heteroatoms. The van der Waals surface area contributed by atoms with Gasteiger partial charge < -0.3 is 0 Å². The van der Waals surface area contributed by atoms with E-state index in [2.05, 4.69) is 0 Å². The molecule has 0 aliphatic rings. The van der Waals surface area contributed by atoms with E-state index in [9.17, 15) is 4.79 Å². The predicted octanol–water partition coefficient (Wildman–Crippen LogP) is 2.16. The SMILES string of the molecule is CC(C)/C=C(/I)C=O. The second-order valence-electron chi connectivity index (χ2n) is 1.91. The molecule has 0 rings (SSSR count). The fraction of sp³-hybridized carbons (Fsp3) is 0.500. The van der Waals surface area contributed by atoms with Crippen LogP contribution in [-0.4, -0.2) is 6.29 Å². The van der Waals surface area contributed by atoms with Crippen molar-refractivity contribution in [2.45, 2.75) is 13.8 Å². The normalized spacial score (nSPS) is 12.2. The van der Waals surface area contributed by atoms with E-state index in [0.29, 0.717) is 5.92 Å². The van der Waals surface area contributed by atoms with Gasteiger partial charge in [-0.1, -0.05) is 19.9 Å². The van der Waals surface area contributed by atoms with Crippen molar-refractivity contribution in [2.24, 2.45) is 5.92 Å². The van der Waals surface area contributed by atoms with Gasteiger partial charge in [0.1, 0.15) is 0 Å². The molecule has 8 heavy (non-hydrogen) atoms. The smallest absolute Gasteiger partial charge is 0.155 e. The lowest BCUT2D eigenvalue weighted by Crippen LogP contribution is -1.80. The molecule has 0 N–H and O–H groups in total. The van der Waals surface area contributed by atoms with Crippen LogP contribution in [-0.2, 0) is 4.79 Å². The minimum absolute atomic E-state index is 0.479. The lowest BCUT2D eigenvalue weighted by Gasteiger charge is -1.91. The maximum Gasteiger partial charge on any atom is 0.155 e. The summed E-state index contributed by atoms with van der Waals surface area (Å²) < 4.78 is 0.789. The van der Waals surface area contributed by atoms with E-state index >= 15 is 0 Å². The zero-order chi connectivity index (χ0) is 6.57. The maximum absolute atomic E-state index is 9.96. The summed E-state index contributed by atoms with van der Waals surface area (Å²) in [5.74, 6) is 0.479. The highest BCUT2D eigenvalue weighted by atomic mass is 127. The van der Waals surface area contributed by atoms with Gasteiger partial charge in [-0.2, -0.15) is 0 Å². The van der Waals surface area contributed by atoms with Crippen LogP contribution in [0.2, 0.25) is 0 Å². The van der Waals surface area contributed by atoms with E-state index in [1.807, 2.05) is 42.5 Å². The third-order valence-corrected chi connectivity index (χ3v) is 1.22. The van der Waals surface area contributed by atoms with Gasteiger partial charge in [-0.3, -0.25) is 4.79 Å². The molecule has 0 aromatic carbocycles. The van der Waals surface area contributed by atoms with Crippen molar-refractivity contribution in [3.63, 3.8) is 0 Å². The zero-order valence-corrected chi connectivity index (χ0v) is 7.18. The Hall–Kier alpha value is 0.140. The third kappa shape index (κ3) is 4.30. The Morgan fingerprint density at radius 1 is 1.62 bits per heavy atom. The van der Waals surface area contributed by atoms with Crippen LogP contribution in [0.4, 0.5) is 0 Å². The van der Waals surface area contributed by atoms with Crippen molar-refractivity contribution < 1.29 is 4.79 Å². The van der Waals surface area contributed by atoms with Crippen LogP contribution in [0, 0.1) is 5.92 Å². The number of aldehydes is 1. The van der Waals surface area contributed by atoms with E-state index in [0.717, 1.165) is 9.87 Å². The average molecular weight is 224 g/mol. The van der Waals surface area contributed by atoms with Crippen LogP contribution in [0.15, 0.2) is 9.66 Å². The molecule has 0 heterocycles. The molecule has 0 aromatic rings. The second kappa shape index (κ2) is 4.06. The summed E-state index contributed by atoms with van der Waals surface area (Å²) in [6.45, 7) is 4.09. The monoisotopic (exact) mass is 224 g/mol. The van der Waals surface area contributed by atoms with Crippen molar-refractivity contribution in [3.8, 4) is 0 Å². The van der Waals surface area contributed by atoms with Crippen molar-refractivity contribution in [2.75, 3.05) is 0 Å². The van der Waals surface area contributed by atoms with E-state index in [1.54, 1.807) is 0 Å². The first-order valence-corrected chi connectivity index (χ1v) is 3.57. The highest BCUT2D eigenvalue weighted by molar-refractivity contribution is 14.1. The van der Waals surface area contributed by atoms with Gasteiger partial charge in [0.05, 0.1) is 0 Å². The lowest BCUT2D eigenvalue weighted by atomic mass is 10.2. The largest absolute Gasteiger partial charge is 0.297 e. The minimum Gasteiger partial charge on any atom is -0.297 e. The fourth-order valence-electron chi connectivity index (χ4n) is 0.358. The van der Waals surface area contributed by atoms with Gasteiger partial charge in [-0.05, 0) is 28.5 Å². The zero-order valence-electron chi connectivity index (χ0n) is 5.02. The van der Waals surface area contributed by atoms with Gasteiger partial charge in [-0.15, -0.1) is 0 Å². The van der Waals surface area contributed by atoms with E-state index in [1.165, 1.54) is 0 Å². The van der Waals surface area contributed by atoms with Crippen molar-refractivity contribution in [3.05, 3.63) is 9.66 Å². The molecule has 1 nitrogen and oxygen atoms in total. The molecule has 0 saturated carbocycles. The van der Waals surface area contributed by atoms with Crippen LogP contribution in [0.25, 0.3) is 0 Å². The van der Waals surface area contributed by atoms with Gasteiger partial charge in [-0.25, -0.2) is 0 Å². The molecule has 0 unspecified atom stereocenters. The molecule has 0 atom stereocenters. The van der Waals surface area contributed by atoms with E-state index in [-0.39, 0.29) is 0 Å². The number of carbonyl (C=O) groups is 1. The number of halogens is 1. The molecule has 0 fully saturated rings. The number of allylic oxidation sites excluding steroid dienone is 2. The second-order valence-corrected chi connectivity index (χ2v) is 3.16. The van der Waals surface area contributed by atoms with Crippen LogP contribution < -0.4 is 0 Å². The molecule has 0 aliphatic carbocycles. The highest BCUT2D eigenvalue weighted by Crippen LogP contribution is 2.05. The number of rotatable bonds is 2. The van der Waals surface area contributed by atoms with Crippen LogP contribution >= 0.6 is 22.6 Å². The predicted molar refractivity (Wildman–Crippen MR) is 43.0 cm³/mol. The molecule has 0 amide bonds. The molecule has 0 saturated heterocycles. The summed E-state index contributed by atoms with van der Waals surface area (Å²) in [4.78, 5) is 9.96. The summed E-state index contributed by atoms with van der Waals surface area (Å²) in [6.07, 6.45) is 2.79. The van der Waals surface area contributed by atoms with Crippen molar-refractivity contribution >= 4 is 28.9 Å². The Bertz CT molecular complexity index is 105. The minimum atomic E-state index is 0.479. The van der Waals surface area contributed by atoms with Gasteiger partial charge in [0.2, 0.25) is 0 Å². The summed E-state index contributed by atoms with van der Waals surface area (Å²) >= 11 is 2.01. The lowest BCUT2D eigenvalue weighted by molar-refractivity contribution is -0.104. The van der Waals surface area contributed by atoms with Crippen LogP contribution in [0.5, 0.6) is 0 Å². The molecular formula is C6H9IO. The Balaban J connectivity index is 3.74. The molecule has 0 bridgehead atoms. The van der Waals surface area contributed by atoms with Crippen molar-refractivity contribution in [1.29, 1.82) is 0 Å². The molecule has 0 spiro atoms. The Kier molecular flexibility index (Phi) is 4.13. The highest BCUT2D eigenvalue weighted by Gasteiger charge is 1.88. The molecule has 0 aromatic heterocycles. The van der Waals surface area contributed by atoms with Gasteiger partial charge in [0.15, 0.2) is 6.29 Å². The third-order valence-electron chi connectivity index (χ3n) is 0.605. The number of hydrogen-bond donors (Lipinski definition) is 0. The summed E-state index contributed by atoms with van der Waals surface area (Å²) in [5, 5.41) is 0. The summed E-state index contributed by atoms with van der Waals surface area (Å²) in [6, 6.07) is 0. The molecule has 0 radical (unpaired) electrons. The molecule has 46 valence electrons. The number of carbonyl (C=O) groups excluding carboxylic acids is 1. The van der Waals surface area contributed by atoms with E-state index < -0.39 is 0 Å². The first kappa shape index (κ1) is 8.14. The maximum atomic E-state index is 9.96. The fourth-order valence-corrected chi connectivity index (χ4v) is 1.08. The standard InChI is InChI=1S/C6H9IO/c1-5(2)3-6(7)4-8/h3-5H,1-2H3/b6-3+. The molecular weight excluding hydrogens is 215 g/mol. The quantitative estimate of drug-likeness (QED) is 0.399. The van der Waals surface area contributed by atoms with Crippen molar-refractivity contribution in [1.82, 2.24) is 0 Å². The number of hydrogen-bond acceptors (Lipinski definition) is 1. The van der Waals surface area contributed by atoms with Gasteiger partial charge in [0, 0.05) is 3.58 Å². The first-order chi connectivity index (χ1) is 3.66. The summed E-state index contributed by atoms with van der Waals surface area (Å²) in [7, 11) is 0. The van der Waals surface area contributed by atoms with E-state index in [4.69, 9.17) is 0 Å². The Morgan fingerprint density at radius 2 is 2.12 bits per heavy atom. The molecule has 0 aliphatic heterocycles. The Morgan fingerprint density at radius 3 is 2.25 bits per heavy atom. The Labute approximate surface area is 63.3 Å².